The molecular formula is C24H31NO5. The van der Waals surface area contributed by atoms with E-state index in [-0.39, 0.29) is 24.5 Å². The highest BCUT2D eigenvalue weighted by Crippen LogP contribution is 2.07. The van der Waals surface area contributed by atoms with Crippen LogP contribution in [0.1, 0.15) is 26.2 Å². The number of aliphatic hydroxyl groups is 3. The third kappa shape index (κ3) is 12.6. The molecule has 6 nitrogen and oxygen atoms in total. The van der Waals surface area contributed by atoms with Crippen LogP contribution in [-0.2, 0) is 9.59 Å². The highest BCUT2D eigenvalue weighted by Gasteiger charge is 2.16. The number of carbonyl (C=O) groups excluding carboxylic acids is 2. The van der Waals surface area contributed by atoms with E-state index in [1.54, 1.807) is 12.2 Å². The summed E-state index contributed by atoms with van der Waals surface area (Å²) in [5.74, 6) is -0.717. The first kappa shape index (κ1) is 25.2. The molecule has 6 heteroatoms. The van der Waals surface area contributed by atoms with Crippen molar-refractivity contribution in [2.24, 2.45) is 0 Å². The van der Waals surface area contributed by atoms with Gasteiger partial charge in [0.15, 0.2) is 5.78 Å². The summed E-state index contributed by atoms with van der Waals surface area (Å²) in [6, 6.07) is 0. The second kappa shape index (κ2) is 15.1. The van der Waals surface area contributed by atoms with Crippen LogP contribution < -0.4 is 5.32 Å². The minimum atomic E-state index is -1.19. The normalized spacial score (nSPS) is 33.7. The fraction of sp³-hybridized carbons (Fsp3) is 0.333. The molecule has 1 aliphatic rings. The van der Waals surface area contributed by atoms with Crippen molar-refractivity contribution in [1.82, 2.24) is 5.32 Å². The van der Waals surface area contributed by atoms with Gasteiger partial charge in [0, 0.05) is 13.0 Å². The second-order valence-electron chi connectivity index (χ2n) is 6.85. The molecule has 0 aliphatic carbocycles. The number of amides is 1. The Hall–Kier alpha value is -2.80. The molecule has 4 N–H and O–H groups in total. The topological polar surface area (TPSA) is 107 Å². The standard InChI is InChI=1S/C24H31NO5/c1-19-11-5-3-2-4-10-16-25-24(30)18-21(27)14-8-9-15-22(28)23(29)17-20(26)13-7-6-12-19/h2-9,11-15,20,22-23,26,28-29H,10,16-18H2,1H3,(H,25,30)/b4-2+,5-3-,12-6+,13-7-,14-8+,15-9+,19-11+/t20-,22+,23-/m1/s1. The molecule has 162 valence electrons. The van der Waals surface area contributed by atoms with Crippen LogP contribution in [0.2, 0.25) is 0 Å². The van der Waals surface area contributed by atoms with Crippen molar-refractivity contribution in [1.29, 1.82) is 0 Å². The van der Waals surface area contributed by atoms with Gasteiger partial charge in [-0.25, -0.2) is 0 Å². The molecule has 0 fully saturated rings. The van der Waals surface area contributed by atoms with Crippen LogP contribution in [0.5, 0.6) is 0 Å². The number of carbonyl (C=O) groups is 2. The minimum Gasteiger partial charge on any atom is -0.390 e. The van der Waals surface area contributed by atoms with Gasteiger partial charge in [-0.2, -0.15) is 0 Å². The summed E-state index contributed by atoms with van der Waals surface area (Å²) >= 11 is 0. The maximum Gasteiger partial charge on any atom is 0.227 e. The van der Waals surface area contributed by atoms with Gasteiger partial charge in [0.25, 0.3) is 0 Å². The van der Waals surface area contributed by atoms with E-state index in [0.29, 0.717) is 13.0 Å². The first-order valence-electron chi connectivity index (χ1n) is 9.92. The Bertz CT molecular complexity index is 756. The van der Waals surface area contributed by atoms with Gasteiger partial charge in [-0.1, -0.05) is 78.5 Å². The molecule has 1 heterocycles. The predicted molar refractivity (Wildman–Crippen MR) is 118 cm³/mol. The van der Waals surface area contributed by atoms with E-state index < -0.39 is 18.3 Å². The van der Waals surface area contributed by atoms with Crippen molar-refractivity contribution < 1.29 is 24.9 Å². The summed E-state index contributed by atoms with van der Waals surface area (Å²) in [6.07, 6.45) is 18.8. The first-order chi connectivity index (χ1) is 14.4. The van der Waals surface area contributed by atoms with Gasteiger partial charge in [-0.15, -0.1) is 0 Å². The highest BCUT2D eigenvalue weighted by atomic mass is 16.3. The van der Waals surface area contributed by atoms with Gasteiger partial charge in [-0.3, -0.25) is 9.59 Å². The van der Waals surface area contributed by atoms with Crippen LogP contribution in [0.4, 0.5) is 0 Å². The molecule has 0 saturated heterocycles. The van der Waals surface area contributed by atoms with Crippen LogP contribution in [0.15, 0.2) is 84.6 Å². The summed E-state index contributed by atoms with van der Waals surface area (Å²) in [5.41, 5.74) is 1.01. The van der Waals surface area contributed by atoms with E-state index in [0.717, 1.165) is 5.57 Å². The Kier molecular flexibility index (Phi) is 12.7. The number of aliphatic hydroxyl groups excluding tert-OH is 3. The van der Waals surface area contributed by atoms with Gasteiger partial charge in [0.2, 0.25) is 5.91 Å². The SMILES string of the molecule is CC1=C\C=C/C=C/CCNC(=O)CC(=O)/C=C/C=C/[C@H](O)[C@H](O)C[C@H](O)/C=C\C=C\1. The quantitative estimate of drug-likeness (QED) is 0.456. The number of ketones is 1. The fourth-order valence-electron chi connectivity index (χ4n) is 2.41. The van der Waals surface area contributed by atoms with E-state index in [9.17, 15) is 24.9 Å². The summed E-state index contributed by atoms with van der Waals surface area (Å²) in [7, 11) is 0. The highest BCUT2D eigenvalue weighted by molar-refractivity contribution is 6.03. The molecule has 0 saturated carbocycles. The zero-order chi connectivity index (χ0) is 22.2. The zero-order valence-corrected chi connectivity index (χ0v) is 17.2. The molecule has 1 aliphatic heterocycles. The smallest absolute Gasteiger partial charge is 0.227 e. The third-order valence-electron chi connectivity index (χ3n) is 4.07. The fourth-order valence-corrected chi connectivity index (χ4v) is 2.41. The average Bonchev–Trinajstić information content (AvgIpc) is 2.69. The summed E-state index contributed by atoms with van der Waals surface area (Å²) in [4.78, 5) is 23.5. The van der Waals surface area contributed by atoms with Gasteiger partial charge < -0.3 is 20.6 Å². The molecule has 0 aromatic rings. The molecule has 0 aromatic heterocycles. The Labute approximate surface area is 178 Å². The summed E-state index contributed by atoms with van der Waals surface area (Å²) < 4.78 is 0. The predicted octanol–water partition coefficient (Wildman–Crippen LogP) is 2.22. The largest absolute Gasteiger partial charge is 0.390 e. The average molecular weight is 414 g/mol. The molecule has 0 bridgehead atoms. The first-order valence-corrected chi connectivity index (χ1v) is 9.92. The lowest BCUT2D eigenvalue weighted by molar-refractivity contribution is -0.126. The molecular weight excluding hydrogens is 382 g/mol. The number of rotatable bonds is 0. The second-order valence-corrected chi connectivity index (χ2v) is 6.85. The zero-order valence-electron chi connectivity index (χ0n) is 17.2. The maximum absolute atomic E-state index is 11.7. The van der Waals surface area contributed by atoms with Crippen molar-refractivity contribution in [2.45, 2.75) is 44.5 Å². The van der Waals surface area contributed by atoms with E-state index in [4.69, 9.17) is 0 Å². The van der Waals surface area contributed by atoms with Gasteiger partial charge in [0.1, 0.15) is 0 Å². The lowest BCUT2D eigenvalue weighted by atomic mass is 10.1. The van der Waals surface area contributed by atoms with E-state index in [1.165, 1.54) is 30.4 Å². The molecule has 0 spiro atoms. The number of nitrogens with one attached hydrogen (secondary N) is 1. The lowest BCUT2D eigenvalue weighted by Gasteiger charge is -2.16. The van der Waals surface area contributed by atoms with E-state index in [1.807, 2.05) is 43.4 Å². The maximum atomic E-state index is 11.7. The molecule has 30 heavy (non-hydrogen) atoms. The van der Waals surface area contributed by atoms with Gasteiger partial charge in [0.05, 0.1) is 24.7 Å². The molecule has 3 atom stereocenters. The van der Waals surface area contributed by atoms with E-state index >= 15 is 0 Å². The molecule has 1 amide bonds. The molecule has 0 unspecified atom stereocenters. The summed E-state index contributed by atoms with van der Waals surface area (Å²) in [5, 5.41) is 32.5. The van der Waals surface area contributed by atoms with Crippen molar-refractivity contribution in [3.63, 3.8) is 0 Å². The third-order valence-corrected chi connectivity index (χ3v) is 4.07. The van der Waals surface area contributed by atoms with Crippen LogP contribution in [0.3, 0.4) is 0 Å². The number of allylic oxidation sites excluding steroid dienone is 11. The molecule has 0 radical (unpaired) electrons. The Morgan fingerprint density at radius 1 is 0.900 bits per heavy atom. The van der Waals surface area contributed by atoms with Crippen molar-refractivity contribution >= 4 is 11.7 Å². The number of hydrogen-bond acceptors (Lipinski definition) is 5. The van der Waals surface area contributed by atoms with Crippen molar-refractivity contribution in [3.05, 3.63) is 84.6 Å². The number of hydrogen-bond donors (Lipinski definition) is 4. The van der Waals surface area contributed by atoms with Crippen molar-refractivity contribution in [3.8, 4) is 0 Å². The van der Waals surface area contributed by atoms with Crippen LogP contribution in [0, 0.1) is 0 Å². The monoisotopic (exact) mass is 413 g/mol. The van der Waals surface area contributed by atoms with Gasteiger partial charge in [-0.05, 0) is 19.4 Å². The van der Waals surface area contributed by atoms with Crippen molar-refractivity contribution in [2.75, 3.05) is 6.54 Å². The Balaban J connectivity index is 2.81. The van der Waals surface area contributed by atoms with Crippen LogP contribution >= 0.6 is 0 Å². The molecule has 0 aromatic carbocycles. The van der Waals surface area contributed by atoms with Crippen LogP contribution in [-0.4, -0.2) is 51.9 Å². The molecule has 1 rings (SSSR count). The lowest BCUT2D eigenvalue weighted by Crippen LogP contribution is -2.27. The van der Waals surface area contributed by atoms with Gasteiger partial charge >= 0.3 is 0 Å². The van der Waals surface area contributed by atoms with Crippen LogP contribution in [0.25, 0.3) is 0 Å². The van der Waals surface area contributed by atoms with E-state index in [2.05, 4.69) is 5.32 Å². The minimum absolute atomic E-state index is 0.0391. The Morgan fingerprint density at radius 3 is 2.43 bits per heavy atom. The Morgan fingerprint density at radius 2 is 1.63 bits per heavy atom. The summed E-state index contributed by atoms with van der Waals surface area (Å²) in [6.45, 7) is 2.39.